The van der Waals surface area contributed by atoms with Crippen molar-refractivity contribution in [2.75, 3.05) is 17.9 Å². The van der Waals surface area contributed by atoms with Crippen LogP contribution in [0.5, 0.6) is 11.5 Å². The van der Waals surface area contributed by atoms with Crippen molar-refractivity contribution in [3.05, 3.63) is 45.9 Å². The van der Waals surface area contributed by atoms with Crippen molar-refractivity contribution >= 4 is 38.9 Å². The van der Waals surface area contributed by atoms with Crippen molar-refractivity contribution in [2.24, 2.45) is 0 Å². The highest BCUT2D eigenvalue weighted by molar-refractivity contribution is 7.92. The van der Waals surface area contributed by atoms with Crippen molar-refractivity contribution in [1.29, 1.82) is 0 Å². The number of benzene rings is 2. The van der Waals surface area contributed by atoms with E-state index in [0.717, 1.165) is 6.07 Å². The fraction of sp³-hybridized carbons (Fsp3) is 0.200. The van der Waals surface area contributed by atoms with Gasteiger partial charge in [0.1, 0.15) is 18.1 Å². The maximum atomic E-state index is 12.9. The number of alkyl halides is 3. The van der Waals surface area contributed by atoms with Gasteiger partial charge >= 0.3 is 6.18 Å². The Morgan fingerprint density at radius 3 is 2.19 bits per heavy atom. The van der Waals surface area contributed by atoms with Crippen LogP contribution >= 0.6 is 23.2 Å². The maximum Gasteiger partial charge on any atom is 0.416 e. The normalized spacial score (nSPS) is 14.2. The van der Waals surface area contributed by atoms with Crippen LogP contribution in [0.15, 0.2) is 35.2 Å². The third-order valence-electron chi connectivity index (χ3n) is 3.42. The van der Waals surface area contributed by atoms with Crippen molar-refractivity contribution in [2.45, 2.75) is 11.1 Å². The Bertz CT molecular complexity index is 964. The predicted molar refractivity (Wildman–Crippen MR) is 89.7 cm³/mol. The third-order valence-corrected chi connectivity index (χ3v) is 5.58. The molecule has 0 saturated carbocycles. The summed E-state index contributed by atoms with van der Waals surface area (Å²) in [7, 11) is -4.44. The Labute approximate surface area is 156 Å². The quantitative estimate of drug-likeness (QED) is 0.777. The number of sulfonamides is 1. The molecule has 1 N–H and O–H groups in total. The summed E-state index contributed by atoms with van der Waals surface area (Å²) < 4.78 is 76.4. The van der Waals surface area contributed by atoms with E-state index in [1.807, 2.05) is 0 Å². The minimum absolute atomic E-state index is 0.0130. The van der Waals surface area contributed by atoms with Crippen LogP contribution in [0.3, 0.4) is 0 Å². The van der Waals surface area contributed by atoms with Gasteiger partial charge in [0.15, 0.2) is 11.5 Å². The first-order chi connectivity index (χ1) is 12.1. The number of anilines is 1. The second kappa shape index (κ2) is 6.71. The van der Waals surface area contributed by atoms with E-state index >= 15 is 0 Å². The molecule has 3 rings (SSSR count). The molecule has 0 saturated heterocycles. The summed E-state index contributed by atoms with van der Waals surface area (Å²) in [6.07, 6.45) is -4.72. The fourth-order valence-electron chi connectivity index (χ4n) is 2.23. The molecule has 0 aromatic heterocycles. The lowest BCUT2D eigenvalue weighted by Crippen LogP contribution is -2.18. The van der Waals surface area contributed by atoms with Crippen LogP contribution in [0.2, 0.25) is 10.0 Å². The molecule has 1 heterocycles. The summed E-state index contributed by atoms with van der Waals surface area (Å²) in [6, 6.07) is 4.65. The van der Waals surface area contributed by atoms with Gasteiger partial charge in [-0.25, -0.2) is 8.42 Å². The Hall–Kier alpha value is -1.84. The second-order valence-electron chi connectivity index (χ2n) is 5.22. The highest BCUT2D eigenvalue weighted by atomic mass is 35.5. The average Bonchev–Trinajstić information content (AvgIpc) is 2.54. The van der Waals surface area contributed by atoms with Gasteiger partial charge in [0.25, 0.3) is 10.0 Å². The Kier molecular flexibility index (Phi) is 4.89. The van der Waals surface area contributed by atoms with Gasteiger partial charge in [0.05, 0.1) is 21.3 Å². The van der Waals surface area contributed by atoms with Gasteiger partial charge in [0.2, 0.25) is 0 Å². The molecule has 1 aliphatic heterocycles. The predicted octanol–water partition coefficient (Wildman–Crippen LogP) is 4.58. The molecule has 0 fully saturated rings. The molecule has 5 nitrogen and oxygen atoms in total. The van der Waals surface area contributed by atoms with Crippen LogP contribution in [0.25, 0.3) is 0 Å². The Balaban J connectivity index is 2.00. The minimum atomic E-state index is -4.72. The zero-order valence-electron chi connectivity index (χ0n) is 12.7. The molecule has 140 valence electrons. The molecule has 2 aromatic rings. The largest absolute Gasteiger partial charge is 0.486 e. The molecule has 2 aromatic carbocycles. The number of fused-ring (bicyclic) bond motifs is 1. The van der Waals surface area contributed by atoms with E-state index in [-0.39, 0.29) is 28.1 Å². The first-order valence-electron chi connectivity index (χ1n) is 7.06. The molecule has 0 bridgehead atoms. The molecule has 0 atom stereocenters. The lowest BCUT2D eigenvalue weighted by molar-refractivity contribution is -0.137. The van der Waals surface area contributed by atoms with E-state index in [0.29, 0.717) is 24.5 Å². The fourth-order valence-corrected chi connectivity index (χ4v) is 4.08. The van der Waals surface area contributed by atoms with Crippen molar-refractivity contribution < 1.29 is 31.1 Å². The van der Waals surface area contributed by atoms with Gasteiger partial charge in [-0.2, -0.15) is 13.2 Å². The third kappa shape index (κ3) is 3.79. The number of ether oxygens (including phenoxy) is 2. The van der Waals surface area contributed by atoms with Gasteiger partial charge < -0.3 is 9.47 Å². The second-order valence-corrected chi connectivity index (χ2v) is 7.69. The maximum absolute atomic E-state index is 12.9. The number of rotatable bonds is 3. The summed E-state index contributed by atoms with van der Waals surface area (Å²) >= 11 is 11.8. The molecule has 0 spiro atoms. The van der Waals surface area contributed by atoms with Gasteiger partial charge in [-0.05, 0) is 18.2 Å². The van der Waals surface area contributed by atoms with Crippen LogP contribution in [0.4, 0.5) is 18.9 Å². The van der Waals surface area contributed by atoms with E-state index in [9.17, 15) is 21.6 Å². The monoisotopic (exact) mass is 427 g/mol. The van der Waals surface area contributed by atoms with Crippen molar-refractivity contribution in [3.63, 3.8) is 0 Å². The average molecular weight is 428 g/mol. The number of halogens is 5. The first kappa shape index (κ1) is 18.9. The number of nitrogens with one attached hydrogen (secondary N) is 1. The van der Waals surface area contributed by atoms with Crippen LogP contribution < -0.4 is 14.2 Å². The molecule has 0 aliphatic carbocycles. The SMILES string of the molecule is O=S(=O)(Nc1cc2c(cc1Cl)OCCO2)c1cc(C(F)(F)F)ccc1Cl. The zero-order valence-corrected chi connectivity index (χ0v) is 15.1. The van der Waals surface area contributed by atoms with Gasteiger partial charge in [0, 0.05) is 12.1 Å². The molecule has 0 unspecified atom stereocenters. The van der Waals surface area contributed by atoms with Crippen LogP contribution in [0.1, 0.15) is 5.56 Å². The van der Waals surface area contributed by atoms with E-state index in [1.54, 1.807) is 0 Å². The molecular weight excluding hydrogens is 418 g/mol. The summed E-state index contributed by atoms with van der Waals surface area (Å²) in [5.74, 6) is 0.592. The van der Waals surface area contributed by atoms with Gasteiger partial charge in [-0.1, -0.05) is 23.2 Å². The van der Waals surface area contributed by atoms with Crippen molar-refractivity contribution in [3.8, 4) is 11.5 Å². The Morgan fingerprint density at radius 1 is 0.962 bits per heavy atom. The molecule has 26 heavy (non-hydrogen) atoms. The highest BCUT2D eigenvalue weighted by Crippen LogP contribution is 2.39. The minimum Gasteiger partial charge on any atom is -0.486 e. The van der Waals surface area contributed by atoms with Crippen molar-refractivity contribution in [1.82, 2.24) is 0 Å². The number of hydrogen-bond acceptors (Lipinski definition) is 4. The highest BCUT2D eigenvalue weighted by Gasteiger charge is 2.33. The number of hydrogen-bond donors (Lipinski definition) is 1. The standard InChI is InChI=1S/C15H10Cl2F3NO4S/c16-9-2-1-8(15(18,19)20)5-14(9)26(22,23)21-11-7-13-12(6-10(11)17)24-3-4-25-13/h1-2,5-7,21H,3-4H2. The zero-order chi connectivity index (χ0) is 19.1. The summed E-state index contributed by atoms with van der Waals surface area (Å²) in [5.41, 5.74) is -1.22. The summed E-state index contributed by atoms with van der Waals surface area (Å²) in [4.78, 5) is -0.722. The van der Waals surface area contributed by atoms with E-state index < -0.39 is 26.7 Å². The topological polar surface area (TPSA) is 64.6 Å². The smallest absolute Gasteiger partial charge is 0.416 e. The first-order valence-corrected chi connectivity index (χ1v) is 9.30. The molecule has 0 amide bonds. The molecule has 0 radical (unpaired) electrons. The molecular formula is C15H10Cl2F3NO4S. The Morgan fingerprint density at radius 2 is 1.58 bits per heavy atom. The van der Waals surface area contributed by atoms with Gasteiger partial charge in [-0.3, -0.25) is 4.72 Å². The van der Waals surface area contributed by atoms with Crippen LogP contribution in [0, 0.1) is 0 Å². The molecule has 11 heteroatoms. The lowest BCUT2D eigenvalue weighted by atomic mass is 10.2. The van der Waals surface area contributed by atoms with Crippen LogP contribution in [-0.2, 0) is 16.2 Å². The molecule has 1 aliphatic rings. The van der Waals surface area contributed by atoms with Gasteiger partial charge in [-0.15, -0.1) is 0 Å². The lowest BCUT2D eigenvalue weighted by Gasteiger charge is -2.20. The van der Waals surface area contributed by atoms with Crippen LogP contribution in [-0.4, -0.2) is 21.6 Å². The van der Waals surface area contributed by atoms with E-state index in [2.05, 4.69) is 4.72 Å². The summed E-state index contributed by atoms with van der Waals surface area (Å²) in [5, 5.41) is -0.375. The van der Waals surface area contributed by atoms with E-state index in [4.69, 9.17) is 32.7 Å². The van der Waals surface area contributed by atoms with E-state index in [1.165, 1.54) is 12.1 Å². The summed E-state index contributed by atoms with van der Waals surface area (Å²) in [6.45, 7) is 0.578.